The molecule has 0 unspecified atom stereocenters. The third-order valence-electron chi connectivity index (χ3n) is 4.66. The highest BCUT2D eigenvalue weighted by atomic mass is 32.1. The average Bonchev–Trinajstić information content (AvgIpc) is 3.41. The average molecular weight is 457 g/mol. The number of fused-ring (bicyclic) bond motifs is 1. The lowest BCUT2D eigenvalue weighted by Crippen LogP contribution is -2.27. The van der Waals surface area contributed by atoms with Crippen LogP contribution in [0.5, 0.6) is 0 Å². The minimum atomic E-state index is -1.33. The van der Waals surface area contributed by atoms with Gasteiger partial charge in [-0.1, -0.05) is 12.1 Å². The van der Waals surface area contributed by atoms with E-state index in [0.29, 0.717) is 21.9 Å². The van der Waals surface area contributed by atoms with E-state index >= 15 is 0 Å². The van der Waals surface area contributed by atoms with Crippen molar-refractivity contribution in [1.29, 1.82) is 0 Å². The second-order valence-corrected chi connectivity index (χ2v) is 7.96. The number of aromatic nitrogens is 1. The Hall–Kier alpha value is -3.63. The van der Waals surface area contributed by atoms with E-state index in [4.69, 9.17) is 4.74 Å². The fraction of sp³-hybridized carbons (Fsp3) is 0.0476. The Balaban J connectivity index is 1.86. The summed E-state index contributed by atoms with van der Waals surface area (Å²) in [4.78, 5) is 49.5. The molecule has 1 N–H and O–H groups in total. The first-order valence-corrected chi connectivity index (χ1v) is 10.6. The largest absolute Gasteiger partial charge is 0.478 e. The lowest BCUT2D eigenvalue weighted by Gasteiger charge is -2.15. The highest BCUT2D eigenvalue weighted by Crippen LogP contribution is 2.33. The number of hydrogen-bond acceptors (Lipinski definition) is 7. The molecule has 0 aliphatic heterocycles. The zero-order valence-electron chi connectivity index (χ0n) is 15.7. The Kier molecular flexibility index (Phi) is 5.25. The molecule has 10 heteroatoms. The summed E-state index contributed by atoms with van der Waals surface area (Å²) in [5.74, 6) is -4.08. The number of carboxylic acids is 1. The minimum Gasteiger partial charge on any atom is -0.478 e. The van der Waals surface area contributed by atoms with E-state index in [1.807, 2.05) is 0 Å². The monoisotopic (exact) mass is 457 g/mol. The van der Waals surface area contributed by atoms with E-state index in [-0.39, 0.29) is 16.8 Å². The van der Waals surface area contributed by atoms with Gasteiger partial charge in [0.1, 0.15) is 11.5 Å². The van der Waals surface area contributed by atoms with Crippen LogP contribution in [0.25, 0.3) is 21.9 Å². The number of benzene rings is 1. The van der Waals surface area contributed by atoms with Crippen molar-refractivity contribution in [1.82, 2.24) is 4.57 Å². The fourth-order valence-corrected chi connectivity index (χ4v) is 4.79. The zero-order chi connectivity index (χ0) is 22.3. The van der Waals surface area contributed by atoms with Crippen molar-refractivity contribution >= 4 is 51.4 Å². The lowest BCUT2D eigenvalue weighted by molar-refractivity contribution is 0.0386. The maximum absolute atomic E-state index is 13.5. The number of rotatable bonds is 4. The van der Waals surface area contributed by atoms with Gasteiger partial charge in [0, 0.05) is 34.1 Å². The Morgan fingerprint density at radius 3 is 2.23 bits per heavy atom. The summed E-state index contributed by atoms with van der Waals surface area (Å²) in [6, 6.07) is 5.32. The first kappa shape index (κ1) is 20.6. The number of aromatic carboxylic acids is 1. The van der Waals surface area contributed by atoms with Gasteiger partial charge in [-0.25, -0.2) is 18.8 Å². The highest BCUT2D eigenvalue weighted by Gasteiger charge is 2.27. The molecule has 7 nitrogen and oxygen atoms in total. The Labute approximate surface area is 181 Å². The molecule has 0 aliphatic carbocycles. The number of esters is 2. The number of ether oxygens (including phenoxy) is 1. The molecule has 0 saturated heterocycles. The number of carboxylic acid groups (broad SMARTS) is 1. The van der Waals surface area contributed by atoms with Crippen molar-refractivity contribution in [3.05, 3.63) is 78.8 Å². The molecule has 0 aliphatic rings. The Morgan fingerprint density at radius 1 is 0.935 bits per heavy atom. The highest BCUT2D eigenvalue weighted by molar-refractivity contribution is 7.09. The molecule has 0 bridgehead atoms. The maximum Gasteiger partial charge on any atom is 0.363 e. The molecule has 0 spiro atoms. The normalized spacial score (nSPS) is 10.9. The van der Waals surface area contributed by atoms with E-state index in [2.05, 4.69) is 0 Å². The molecule has 0 amide bonds. The number of carbonyl (C=O) groups excluding carboxylic acids is 2. The van der Waals surface area contributed by atoms with Gasteiger partial charge in [-0.2, -0.15) is 22.7 Å². The number of pyridine rings is 1. The smallest absolute Gasteiger partial charge is 0.363 e. The van der Waals surface area contributed by atoms with Gasteiger partial charge in [0.2, 0.25) is 0 Å². The van der Waals surface area contributed by atoms with Crippen molar-refractivity contribution in [2.75, 3.05) is 0 Å². The standard InChI is InChI=1S/C21H12FNO6S2/c1-23-17(21(28)29-20(27)15-9-31-8-14(15)19(25)26)16(10-2-4-11(22)5-3-10)12-6-30-7-13(12)18(23)24/h2-9H,1H3,(H,25,26). The molecule has 0 saturated carbocycles. The number of thiophene rings is 2. The van der Waals surface area contributed by atoms with Gasteiger partial charge < -0.3 is 14.4 Å². The summed E-state index contributed by atoms with van der Waals surface area (Å²) in [5.41, 5.74) is -0.479. The van der Waals surface area contributed by atoms with Gasteiger partial charge in [0.15, 0.2) is 0 Å². The third-order valence-corrected chi connectivity index (χ3v) is 6.15. The molecule has 1 aromatic carbocycles. The summed E-state index contributed by atoms with van der Waals surface area (Å²) in [7, 11) is 1.36. The van der Waals surface area contributed by atoms with Crippen LogP contribution in [0.1, 0.15) is 31.2 Å². The van der Waals surface area contributed by atoms with Gasteiger partial charge in [0.25, 0.3) is 5.56 Å². The number of nitrogens with zero attached hydrogens (tertiary/aromatic N) is 1. The van der Waals surface area contributed by atoms with Crippen molar-refractivity contribution in [2.24, 2.45) is 7.05 Å². The molecule has 0 fully saturated rings. The summed E-state index contributed by atoms with van der Waals surface area (Å²) in [5, 5.41) is 15.8. The van der Waals surface area contributed by atoms with Crippen LogP contribution in [0, 0.1) is 5.82 Å². The third kappa shape index (κ3) is 3.56. The summed E-state index contributed by atoms with van der Waals surface area (Å²) < 4.78 is 19.5. The molecule has 0 radical (unpaired) electrons. The van der Waals surface area contributed by atoms with Crippen LogP contribution >= 0.6 is 22.7 Å². The molecule has 4 rings (SSSR count). The second-order valence-electron chi connectivity index (χ2n) is 6.48. The van der Waals surface area contributed by atoms with Crippen molar-refractivity contribution < 1.29 is 28.6 Å². The van der Waals surface area contributed by atoms with Crippen LogP contribution in [0.3, 0.4) is 0 Å². The summed E-state index contributed by atoms with van der Waals surface area (Å²) >= 11 is 2.23. The predicted octanol–water partition coefficient (Wildman–Crippen LogP) is 4.16. The van der Waals surface area contributed by atoms with Crippen molar-refractivity contribution in [3.8, 4) is 11.1 Å². The molecule has 4 aromatic rings. The molecule has 0 atom stereocenters. The quantitative estimate of drug-likeness (QED) is 0.365. The predicted molar refractivity (Wildman–Crippen MR) is 113 cm³/mol. The molecule has 3 heterocycles. The van der Waals surface area contributed by atoms with E-state index in [1.54, 1.807) is 10.8 Å². The van der Waals surface area contributed by atoms with Crippen molar-refractivity contribution in [3.63, 3.8) is 0 Å². The van der Waals surface area contributed by atoms with Crippen LogP contribution in [-0.2, 0) is 11.8 Å². The van der Waals surface area contributed by atoms with Crippen LogP contribution in [0.4, 0.5) is 4.39 Å². The van der Waals surface area contributed by atoms with Gasteiger partial charge in [-0.3, -0.25) is 4.79 Å². The lowest BCUT2D eigenvalue weighted by atomic mass is 9.99. The number of carbonyl (C=O) groups is 3. The molecule has 31 heavy (non-hydrogen) atoms. The Bertz CT molecular complexity index is 1410. The zero-order valence-corrected chi connectivity index (χ0v) is 17.4. The van der Waals surface area contributed by atoms with E-state index in [0.717, 1.165) is 15.9 Å². The fourth-order valence-electron chi connectivity index (χ4n) is 3.19. The van der Waals surface area contributed by atoms with Gasteiger partial charge in [-0.05, 0) is 23.1 Å². The number of halogens is 1. The summed E-state index contributed by atoms with van der Waals surface area (Å²) in [6.45, 7) is 0. The number of hydrogen-bond donors (Lipinski definition) is 1. The topological polar surface area (TPSA) is 103 Å². The van der Waals surface area contributed by atoms with Crippen LogP contribution in [0.15, 0.2) is 50.6 Å². The van der Waals surface area contributed by atoms with E-state index in [1.165, 1.54) is 53.4 Å². The van der Waals surface area contributed by atoms with Gasteiger partial charge in [0.05, 0.1) is 16.5 Å². The van der Waals surface area contributed by atoms with Crippen LogP contribution < -0.4 is 5.56 Å². The molecular weight excluding hydrogens is 445 g/mol. The Morgan fingerprint density at radius 2 is 1.55 bits per heavy atom. The van der Waals surface area contributed by atoms with Crippen LogP contribution in [-0.4, -0.2) is 27.6 Å². The SMILES string of the molecule is Cn1c(C(=O)OC(=O)c2cscc2C(=O)O)c(-c2ccc(F)cc2)c2cscc2c1=O. The second kappa shape index (κ2) is 7.89. The van der Waals surface area contributed by atoms with E-state index < -0.39 is 29.3 Å². The first-order chi connectivity index (χ1) is 14.8. The maximum atomic E-state index is 13.5. The molecule has 3 aromatic heterocycles. The summed E-state index contributed by atoms with van der Waals surface area (Å²) in [6.07, 6.45) is 0. The van der Waals surface area contributed by atoms with Crippen LogP contribution in [0.2, 0.25) is 0 Å². The van der Waals surface area contributed by atoms with Gasteiger partial charge in [-0.15, -0.1) is 0 Å². The first-order valence-electron chi connectivity index (χ1n) is 8.70. The van der Waals surface area contributed by atoms with Gasteiger partial charge >= 0.3 is 17.9 Å². The minimum absolute atomic E-state index is 0.206. The molecule has 156 valence electrons. The van der Waals surface area contributed by atoms with E-state index in [9.17, 15) is 28.7 Å². The molecular formula is C21H12FNO6S2. The van der Waals surface area contributed by atoms with Crippen molar-refractivity contribution in [2.45, 2.75) is 0 Å².